The van der Waals surface area contributed by atoms with Gasteiger partial charge >= 0.3 is 0 Å². The smallest absolute Gasteiger partial charge is 0.139 e. The van der Waals surface area contributed by atoms with E-state index >= 15 is 0 Å². The van der Waals surface area contributed by atoms with Gasteiger partial charge in [-0.25, -0.2) is 9.07 Å². The predicted molar refractivity (Wildman–Crippen MR) is 137 cm³/mol. The molecular weight excluding hydrogens is 441 g/mol. The zero-order chi connectivity index (χ0) is 24.8. The molecule has 2 aromatic heterocycles. The number of pyridine rings is 1. The second-order valence-corrected chi connectivity index (χ2v) is 9.24. The van der Waals surface area contributed by atoms with Crippen LogP contribution < -0.4 is 5.32 Å². The van der Waals surface area contributed by atoms with E-state index in [1.807, 2.05) is 38.4 Å². The Morgan fingerprint density at radius 2 is 1.86 bits per heavy atom. The number of nitrogens with zero attached hydrogens (tertiary/aromatic N) is 4. The van der Waals surface area contributed by atoms with Crippen molar-refractivity contribution in [2.45, 2.75) is 32.2 Å². The third kappa shape index (κ3) is 6.38. The second kappa shape index (κ2) is 11.3. The lowest BCUT2D eigenvalue weighted by Crippen LogP contribution is -2.26. The van der Waals surface area contributed by atoms with Crippen molar-refractivity contribution in [3.8, 4) is 5.69 Å². The molecule has 6 nitrogen and oxygen atoms in total. The first-order valence-electron chi connectivity index (χ1n) is 12.0. The van der Waals surface area contributed by atoms with Gasteiger partial charge < -0.3 is 10.2 Å². The van der Waals surface area contributed by atoms with Gasteiger partial charge in [-0.2, -0.15) is 5.10 Å². The summed E-state index contributed by atoms with van der Waals surface area (Å²) in [6, 6.07) is 18.3. The van der Waals surface area contributed by atoms with E-state index in [0.29, 0.717) is 13.0 Å². The summed E-state index contributed by atoms with van der Waals surface area (Å²) in [5, 5.41) is 8.91. The van der Waals surface area contributed by atoms with Crippen molar-refractivity contribution in [2.75, 3.05) is 27.2 Å². The summed E-state index contributed by atoms with van der Waals surface area (Å²) >= 11 is 0. The van der Waals surface area contributed by atoms with Crippen molar-refractivity contribution in [1.29, 1.82) is 0 Å². The van der Waals surface area contributed by atoms with Crippen LogP contribution in [0.25, 0.3) is 16.6 Å². The van der Waals surface area contributed by atoms with Crippen molar-refractivity contribution in [3.05, 3.63) is 89.6 Å². The van der Waals surface area contributed by atoms with E-state index in [1.165, 1.54) is 12.1 Å². The van der Waals surface area contributed by atoms with Crippen LogP contribution in [0.3, 0.4) is 0 Å². The van der Waals surface area contributed by atoms with Crippen LogP contribution in [0.1, 0.15) is 36.2 Å². The minimum absolute atomic E-state index is 0.154. The molecule has 2 heterocycles. The van der Waals surface area contributed by atoms with Crippen LogP contribution in [0.2, 0.25) is 0 Å². The van der Waals surface area contributed by atoms with E-state index in [1.54, 1.807) is 23.0 Å². The summed E-state index contributed by atoms with van der Waals surface area (Å²) in [5.41, 5.74) is 4.35. The largest absolute Gasteiger partial charge is 0.310 e. The molecule has 182 valence electrons. The molecule has 0 unspecified atom stereocenters. The van der Waals surface area contributed by atoms with Gasteiger partial charge in [-0.15, -0.1) is 0 Å². The summed E-state index contributed by atoms with van der Waals surface area (Å²) in [6.07, 6.45) is 2.53. The van der Waals surface area contributed by atoms with Crippen LogP contribution in [-0.2, 0) is 17.8 Å². The number of carbonyl (C=O) groups excluding carboxylic acids is 1. The molecule has 0 bridgehead atoms. The van der Waals surface area contributed by atoms with Gasteiger partial charge in [0, 0.05) is 43.6 Å². The maximum atomic E-state index is 13.5. The molecule has 0 aliphatic heterocycles. The Kier molecular flexibility index (Phi) is 8.00. The quantitative estimate of drug-likeness (QED) is 0.325. The Morgan fingerprint density at radius 3 is 2.57 bits per heavy atom. The van der Waals surface area contributed by atoms with Crippen molar-refractivity contribution in [2.24, 2.45) is 0 Å². The second-order valence-electron chi connectivity index (χ2n) is 9.24. The monoisotopic (exact) mass is 473 g/mol. The van der Waals surface area contributed by atoms with Gasteiger partial charge in [0.1, 0.15) is 11.6 Å². The number of ketones is 1. The standard InChI is InChI=1S/C28H32FN5O/c1-20(21-7-5-4-6-8-21)15-26(35)17-24-16-22-18-31-34(25-11-9-23(29)10-12-25)28(22)27(32-24)19-30-13-14-33(2)3/h4-12,16,18,20,30H,13-15,17,19H2,1-3H3/t20-/m0/s1. The Labute approximate surface area is 205 Å². The molecular formula is C28H32FN5O. The Balaban J connectivity index is 1.59. The van der Waals surface area contributed by atoms with Crippen LogP contribution in [-0.4, -0.2) is 52.6 Å². The first-order chi connectivity index (χ1) is 16.9. The number of benzene rings is 2. The minimum Gasteiger partial charge on any atom is -0.310 e. The van der Waals surface area contributed by atoms with Crippen molar-refractivity contribution in [1.82, 2.24) is 25.0 Å². The van der Waals surface area contributed by atoms with Crippen molar-refractivity contribution in [3.63, 3.8) is 0 Å². The Bertz CT molecular complexity index is 1270. The number of nitrogens with one attached hydrogen (secondary N) is 1. The lowest BCUT2D eigenvalue weighted by atomic mass is 9.94. The first-order valence-corrected chi connectivity index (χ1v) is 12.0. The zero-order valence-corrected chi connectivity index (χ0v) is 20.5. The van der Waals surface area contributed by atoms with Crippen molar-refractivity contribution < 1.29 is 9.18 Å². The van der Waals surface area contributed by atoms with Gasteiger partial charge in [0.25, 0.3) is 0 Å². The van der Waals surface area contributed by atoms with Crippen molar-refractivity contribution >= 4 is 16.7 Å². The fourth-order valence-electron chi connectivity index (χ4n) is 4.21. The van der Waals surface area contributed by atoms with Crippen LogP contribution in [0.15, 0.2) is 66.9 Å². The SMILES string of the molecule is C[C@@H](CC(=O)Cc1cc2cnn(-c3ccc(F)cc3)c2c(CNCCN(C)C)n1)c1ccccc1. The number of halogens is 1. The molecule has 0 amide bonds. The lowest BCUT2D eigenvalue weighted by Gasteiger charge is -2.14. The molecule has 7 heteroatoms. The maximum Gasteiger partial charge on any atom is 0.139 e. The summed E-state index contributed by atoms with van der Waals surface area (Å²) in [6.45, 7) is 4.32. The molecule has 1 atom stereocenters. The molecule has 0 saturated carbocycles. The lowest BCUT2D eigenvalue weighted by molar-refractivity contribution is -0.118. The van der Waals surface area contributed by atoms with Crippen LogP contribution in [0.5, 0.6) is 0 Å². The average molecular weight is 474 g/mol. The topological polar surface area (TPSA) is 63.1 Å². The highest BCUT2D eigenvalue weighted by Gasteiger charge is 2.17. The van der Waals surface area contributed by atoms with E-state index in [9.17, 15) is 9.18 Å². The minimum atomic E-state index is -0.292. The highest BCUT2D eigenvalue weighted by molar-refractivity contribution is 5.86. The number of aromatic nitrogens is 3. The van der Waals surface area contributed by atoms with Gasteiger partial charge in [0.2, 0.25) is 0 Å². The number of fused-ring (bicyclic) bond motifs is 1. The normalized spacial score (nSPS) is 12.4. The summed E-state index contributed by atoms with van der Waals surface area (Å²) in [7, 11) is 4.06. The van der Waals surface area contributed by atoms with Crippen LogP contribution >= 0.6 is 0 Å². The summed E-state index contributed by atoms with van der Waals surface area (Å²) in [5.74, 6) is 0.0194. The molecule has 0 saturated heterocycles. The fraction of sp³-hybridized carbons (Fsp3) is 0.321. The average Bonchev–Trinajstić information content (AvgIpc) is 3.26. The molecule has 0 aliphatic carbocycles. The van der Waals surface area contributed by atoms with E-state index < -0.39 is 0 Å². The van der Waals surface area contributed by atoms with Crippen LogP contribution in [0.4, 0.5) is 4.39 Å². The van der Waals surface area contributed by atoms with E-state index in [2.05, 4.69) is 34.4 Å². The number of rotatable bonds is 11. The third-order valence-corrected chi connectivity index (χ3v) is 6.05. The number of likely N-dealkylation sites (N-methyl/N-ethyl adjacent to an activating group) is 1. The van der Waals surface area contributed by atoms with Gasteiger partial charge in [0.15, 0.2) is 0 Å². The van der Waals surface area contributed by atoms with E-state index in [0.717, 1.165) is 46.6 Å². The Morgan fingerprint density at radius 1 is 1.11 bits per heavy atom. The molecule has 0 spiro atoms. The number of hydrogen-bond acceptors (Lipinski definition) is 5. The highest BCUT2D eigenvalue weighted by atomic mass is 19.1. The van der Waals surface area contributed by atoms with E-state index in [4.69, 9.17) is 4.98 Å². The van der Waals surface area contributed by atoms with Crippen LogP contribution in [0, 0.1) is 5.82 Å². The summed E-state index contributed by atoms with van der Waals surface area (Å²) in [4.78, 5) is 19.9. The predicted octanol–water partition coefficient (Wildman–Crippen LogP) is 4.52. The third-order valence-electron chi connectivity index (χ3n) is 6.05. The highest BCUT2D eigenvalue weighted by Crippen LogP contribution is 2.24. The molecule has 0 radical (unpaired) electrons. The molecule has 35 heavy (non-hydrogen) atoms. The zero-order valence-electron chi connectivity index (χ0n) is 20.5. The van der Waals surface area contributed by atoms with E-state index in [-0.39, 0.29) is 23.9 Å². The van der Waals surface area contributed by atoms with Gasteiger partial charge in [0.05, 0.1) is 23.1 Å². The molecule has 4 rings (SSSR count). The molecule has 0 aliphatic rings. The number of carbonyl (C=O) groups is 1. The maximum absolute atomic E-state index is 13.5. The van der Waals surface area contributed by atoms with Gasteiger partial charge in [-0.3, -0.25) is 9.78 Å². The fourth-order valence-corrected chi connectivity index (χ4v) is 4.21. The number of Topliss-reactive ketones (excluding diaryl/α,β-unsaturated/α-hetero) is 1. The molecule has 4 aromatic rings. The van der Waals surface area contributed by atoms with Gasteiger partial charge in [-0.05, 0) is 55.9 Å². The first kappa shape index (κ1) is 24.7. The molecule has 2 aromatic carbocycles. The van der Waals surface area contributed by atoms with Gasteiger partial charge in [-0.1, -0.05) is 37.3 Å². The molecule has 1 N–H and O–H groups in total. The summed E-state index contributed by atoms with van der Waals surface area (Å²) < 4.78 is 15.3. The Hall–Kier alpha value is -3.42. The number of hydrogen-bond donors (Lipinski definition) is 1. The molecule has 0 fully saturated rings.